The number of rotatable bonds is 4. The average molecular weight is 306 g/mol. The van der Waals surface area contributed by atoms with Gasteiger partial charge in [0.1, 0.15) is 5.60 Å². The van der Waals surface area contributed by atoms with E-state index in [-0.39, 0.29) is 12.1 Å². The summed E-state index contributed by atoms with van der Waals surface area (Å²) in [5.74, 6) is 0.451. The van der Waals surface area contributed by atoms with Crippen molar-refractivity contribution < 1.29 is 9.53 Å². The molecule has 2 atom stereocenters. The van der Waals surface area contributed by atoms with Gasteiger partial charge in [-0.15, -0.1) is 0 Å². The third kappa shape index (κ3) is 4.94. The number of ether oxygens (including phenoxy) is 1. The van der Waals surface area contributed by atoms with Crippen molar-refractivity contribution >= 4 is 6.09 Å². The number of amides is 1. The van der Waals surface area contributed by atoms with Gasteiger partial charge in [-0.1, -0.05) is 0 Å². The van der Waals surface area contributed by atoms with Crippen molar-refractivity contribution in [3.8, 4) is 0 Å². The van der Waals surface area contributed by atoms with Crippen LogP contribution in [0.3, 0.4) is 0 Å². The minimum absolute atomic E-state index is 0.157. The molecular weight excluding hydrogens is 280 g/mol. The molecule has 0 bridgehead atoms. The molecule has 122 valence electrons. The number of likely N-dealkylation sites (tertiary alicyclic amines) is 1. The van der Waals surface area contributed by atoms with E-state index in [0.29, 0.717) is 5.92 Å². The lowest BCUT2D eigenvalue weighted by Crippen LogP contribution is -2.36. The number of carbonyl (C=O) groups excluding carboxylic acids is 1. The van der Waals surface area contributed by atoms with Crippen LogP contribution in [0.4, 0.5) is 4.79 Å². The molecule has 0 spiro atoms. The molecule has 6 heteroatoms. The number of carbonyl (C=O) groups is 1. The summed E-state index contributed by atoms with van der Waals surface area (Å²) in [5.41, 5.74) is 0.498. The summed E-state index contributed by atoms with van der Waals surface area (Å²) in [4.78, 5) is 22.2. The molecule has 6 nitrogen and oxygen atoms in total. The van der Waals surface area contributed by atoms with Gasteiger partial charge in [0.05, 0.1) is 5.69 Å². The quantitative estimate of drug-likeness (QED) is 0.925. The van der Waals surface area contributed by atoms with E-state index in [9.17, 15) is 4.79 Å². The van der Waals surface area contributed by atoms with E-state index in [1.54, 1.807) is 23.5 Å². The first-order chi connectivity index (χ1) is 10.3. The maximum Gasteiger partial charge on any atom is 0.410 e. The summed E-state index contributed by atoms with van der Waals surface area (Å²) in [6, 6.07) is 0.157. The molecule has 1 aliphatic heterocycles. The van der Waals surface area contributed by atoms with E-state index in [1.165, 1.54) is 0 Å². The SMILES string of the molecule is CC(NCC1CCN(C(=O)OC(C)(C)C)C1)c1cnccn1. The maximum absolute atomic E-state index is 12.0. The van der Waals surface area contributed by atoms with Gasteiger partial charge in [-0.2, -0.15) is 0 Å². The monoisotopic (exact) mass is 306 g/mol. The van der Waals surface area contributed by atoms with E-state index < -0.39 is 5.60 Å². The average Bonchev–Trinajstić information content (AvgIpc) is 2.93. The number of hydrogen-bond donors (Lipinski definition) is 1. The first kappa shape index (κ1) is 16.7. The molecular formula is C16H26N4O2. The van der Waals surface area contributed by atoms with Gasteiger partial charge in [0.15, 0.2) is 0 Å². The van der Waals surface area contributed by atoms with Crippen LogP contribution in [0.2, 0.25) is 0 Å². The van der Waals surface area contributed by atoms with Crippen LogP contribution in [-0.2, 0) is 4.74 Å². The zero-order chi connectivity index (χ0) is 16.2. The summed E-state index contributed by atoms with van der Waals surface area (Å²) in [6.45, 7) is 10.1. The van der Waals surface area contributed by atoms with E-state index in [0.717, 1.165) is 31.7 Å². The summed E-state index contributed by atoms with van der Waals surface area (Å²) in [7, 11) is 0. The molecule has 0 radical (unpaired) electrons. The fourth-order valence-corrected chi connectivity index (χ4v) is 2.47. The Labute approximate surface area is 132 Å². The Kier molecular flexibility index (Phi) is 5.34. The topological polar surface area (TPSA) is 67.4 Å². The highest BCUT2D eigenvalue weighted by molar-refractivity contribution is 5.68. The van der Waals surface area contributed by atoms with Gasteiger partial charge in [0.2, 0.25) is 0 Å². The van der Waals surface area contributed by atoms with Gasteiger partial charge in [0, 0.05) is 44.3 Å². The van der Waals surface area contributed by atoms with Gasteiger partial charge < -0.3 is 15.0 Å². The summed E-state index contributed by atoms with van der Waals surface area (Å²) >= 11 is 0. The molecule has 1 saturated heterocycles. The number of nitrogens with zero attached hydrogens (tertiary/aromatic N) is 3. The second-order valence-electron chi connectivity index (χ2n) is 6.84. The fourth-order valence-electron chi connectivity index (χ4n) is 2.47. The highest BCUT2D eigenvalue weighted by Gasteiger charge is 2.29. The van der Waals surface area contributed by atoms with Gasteiger partial charge in [-0.3, -0.25) is 9.97 Å². The molecule has 2 rings (SSSR count). The Bertz CT molecular complexity index is 487. The lowest BCUT2D eigenvalue weighted by molar-refractivity contribution is 0.0288. The second kappa shape index (κ2) is 7.05. The van der Waals surface area contributed by atoms with Gasteiger partial charge >= 0.3 is 6.09 Å². The molecule has 0 saturated carbocycles. The van der Waals surface area contributed by atoms with Crippen LogP contribution in [0.15, 0.2) is 18.6 Å². The minimum atomic E-state index is -0.437. The highest BCUT2D eigenvalue weighted by Crippen LogP contribution is 2.19. The van der Waals surface area contributed by atoms with Crippen molar-refractivity contribution in [1.29, 1.82) is 0 Å². The molecule has 1 aromatic heterocycles. The third-order valence-electron chi connectivity index (χ3n) is 3.68. The van der Waals surface area contributed by atoms with Crippen LogP contribution < -0.4 is 5.32 Å². The standard InChI is InChI=1S/C16H26N4O2/c1-12(14-10-17-6-7-18-14)19-9-13-5-8-20(11-13)15(21)22-16(2,3)4/h6-7,10,12-13,19H,5,8-9,11H2,1-4H3. The van der Waals surface area contributed by atoms with Crippen molar-refractivity contribution in [3.63, 3.8) is 0 Å². The van der Waals surface area contributed by atoms with Crippen LogP contribution in [0.5, 0.6) is 0 Å². The second-order valence-corrected chi connectivity index (χ2v) is 6.84. The minimum Gasteiger partial charge on any atom is -0.444 e. The Morgan fingerprint density at radius 3 is 2.91 bits per heavy atom. The predicted octanol–water partition coefficient (Wildman–Crippen LogP) is 2.38. The fraction of sp³-hybridized carbons (Fsp3) is 0.688. The van der Waals surface area contributed by atoms with Crippen LogP contribution in [0.1, 0.15) is 45.9 Å². The Morgan fingerprint density at radius 1 is 1.50 bits per heavy atom. The molecule has 0 aliphatic carbocycles. The molecule has 1 fully saturated rings. The first-order valence-corrected chi connectivity index (χ1v) is 7.82. The van der Waals surface area contributed by atoms with Gasteiger partial charge in [0.25, 0.3) is 0 Å². The smallest absolute Gasteiger partial charge is 0.410 e. The van der Waals surface area contributed by atoms with Crippen molar-refractivity contribution in [3.05, 3.63) is 24.3 Å². The maximum atomic E-state index is 12.0. The van der Waals surface area contributed by atoms with Gasteiger partial charge in [-0.05, 0) is 40.0 Å². The van der Waals surface area contributed by atoms with Gasteiger partial charge in [-0.25, -0.2) is 4.79 Å². The Morgan fingerprint density at radius 2 is 2.27 bits per heavy atom. The number of nitrogens with one attached hydrogen (secondary N) is 1. The molecule has 1 amide bonds. The number of hydrogen-bond acceptors (Lipinski definition) is 5. The van der Waals surface area contributed by atoms with Crippen molar-refractivity contribution in [1.82, 2.24) is 20.2 Å². The molecule has 1 aliphatic rings. The lowest BCUT2D eigenvalue weighted by Gasteiger charge is -2.24. The van der Waals surface area contributed by atoms with Crippen molar-refractivity contribution in [2.24, 2.45) is 5.92 Å². The van der Waals surface area contributed by atoms with Crippen LogP contribution in [0, 0.1) is 5.92 Å². The molecule has 1 N–H and O–H groups in total. The summed E-state index contributed by atoms with van der Waals surface area (Å²) < 4.78 is 5.41. The normalized spacial score (nSPS) is 20.0. The molecule has 1 aromatic rings. The summed E-state index contributed by atoms with van der Waals surface area (Å²) in [6.07, 6.45) is 5.94. The molecule has 2 unspecified atom stereocenters. The summed E-state index contributed by atoms with van der Waals surface area (Å²) in [5, 5.41) is 3.47. The van der Waals surface area contributed by atoms with E-state index in [1.807, 2.05) is 20.8 Å². The predicted molar refractivity (Wildman–Crippen MR) is 84.4 cm³/mol. The number of aromatic nitrogens is 2. The van der Waals surface area contributed by atoms with Crippen LogP contribution in [0.25, 0.3) is 0 Å². The zero-order valence-electron chi connectivity index (χ0n) is 13.9. The Balaban J connectivity index is 1.76. The molecule has 2 heterocycles. The lowest BCUT2D eigenvalue weighted by atomic mass is 10.1. The van der Waals surface area contributed by atoms with Crippen LogP contribution >= 0.6 is 0 Å². The van der Waals surface area contributed by atoms with Crippen molar-refractivity contribution in [2.75, 3.05) is 19.6 Å². The molecule has 0 aromatic carbocycles. The first-order valence-electron chi connectivity index (χ1n) is 7.82. The van der Waals surface area contributed by atoms with Crippen LogP contribution in [-0.4, -0.2) is 46.2 Å². The third-order valence-corrected chi connectivity index (χ3v) is 3.68. The van der Waals surface area contributed by atoms with E-state index >= 15 is 0 Å². The van der Waals surface area contributed by atoms with Crippen molar-refractivity contribution in [2.45, 2.75) is 45.8 Å². The van der Waals surface area contributed by atoms with E-state index in [2.05, 4.69) is 22.2 Å². The Hall–Kier alpha value is -1.69. The zero-order valence-corrected chi connectivity index (χ0v) is 13.9. The van der Waals surface area contributed by atoms with E-state index in [4.69, 9.17) is 4.74 Å². The largest absolute Gasteiger partial charge is 0.444 e. The highest BCUT2D eigenvalue weighted by atomic mass is 16.6. The molecule has 22 heavy (non-hydrogen) atoms.